The fourth-order valence-corrected chi connectivity index (χ4v) is 2.22. The van der Waals surface area contributed by atoms with Crippen molar-refractivity contribution in [2.75, 3.05) is 0 Å². The van der Waals surface area contributed by atoms with Crippen molar-refractivity contribution in [2.45, 2.75) is 0 Å². The highest BCUT2D eigenvalue weighted by Gasteiger charge is 2.14. The van der Waals surface area contributed by atoms with Gasteiger partial charge in [-0.15, -0.1) is 0 Å². The molecule has 0 bridgehead atoms. The summed E-state index contributed by atoms with van der Waals surface area (Å²) in [5.74, 6) is 0. The van der Waals surface area contributed by atoms with Gasteiger partial charge in [0.1, 0.15) is 15.7 Å². The van der Waals surface area contributed by atoms with Gasteiger partial charge in [0.25, 0.3) is 5.43 Å². The van der Waals surface area contributed by atoms with Crippen LogP contribution in [-0.2, 0) is 0 Å². The quantitative estimate of drug-likeness (QED) is 0.351. The zero-order chi connectivity index (χ0) is 15.7. The molecule has 1 aromatic heterocycles. The number of hydrogen-bond donors (Lipinski definition) is 0. The Morgan fingerprint density at radius 2 is 1.82 bits per heavy atom. The van der Waals surface area contributed by atoms with Crippen molar-refractivity contribution >= 4 is 26.9 Å². The highest BCUT2D eigenvalue weighted by Crippen LogP contribution is 2.15. The van der Waals surface area contributed by atoms with Crippen LogP contribution in [0.15, 0.2) is 65.9 Å². The molecule has 2 aliphatic heterocycles. The smallest absolute Gasteiger partial charge is 0.350 e. The second-order valence-corrected chi connectivity index (χ2v) is 5.20. The van der Waals surface area contributed by atoms with Crippen LogP contribution in [0.2, 0.25) is 0 Å². The lowest BCUT2D eigenvalue weighted by atomic mass is 10.2. The molecular formula is C15H7BrN2O4. The molecule has 108 valence electrons. The van der Waals surface area contributed by atoms with E-state index >= 15 is 0 Å². The van der Waals surface area contributed by atoms with Gasteiger partial charge in [-0.05, 0) is 34.1 Å². The third kappa shape index (κ3) is 2.58. The Labute approximate surface area is 131 Å². The van der Waals surface area contributed by atoms with Crippen LogP contribution in [0.4, 0.5) is 0 Å². The molecule has 0 radical (unpaired) electrons. The van der Waals surface area contributed by atoms with Crippen LogP contribution in [0.1, 0.15) is 0 Å². The van der Waals surface area contributed by atoms with Gasteiger partial charge in [-0.25, -0.2) is 9.78 Å². The van der Waals surface area contributed by atoms with Crippen molar-refractivity contribution in [1.82, 2.24) is 9.97 Å². The van der Waals surface area contributed by atoms with Gasteiger partial charge in [-0.3, -0.25) is 14.6 Å². The molecule has 0 atom stereocenters. The zero-order valence-electron chi connectivity index (χ0n) is 10.9. The van der Waals surface area contributed by atoms with E-state index in [-0.39, 0.29) is 11.3 Å². The summed E-state index contributed by atoms with van der Waals surface area (Å²) in [6.45, 7) is 0. The number of para-hydroxylation sites is 1. The van der Waals surface area contributed by atoms with E-state index in [1.165, 1.54) is 12.3 Å². The van der Waals surface area contributed by atoms with E-state index in [1.807, 2.05) is 18.2 Å². The topological polar surface area (TPSA) is 90.1 Å². The molecule has 0 unspecified atom stereocenters. The predicted molar refractivity (Wildman–Crippen MR) is 83.8 cm³/mol. The van der Waals surface area contributed by atoms with Crippen LogP contribution in [0.3, 0.4) is 0 Å². The van der Waals surface area contributed by atoms with E-state index < -0.39 is 11.0 Å². The zero-order valence-corrected chi connectivity index (χ0v) is 12.5. The number of nitrogens with zero attached hydrogens (tertiary/aromatic N) is 2. The Hall–Kier alpha value is -2.67. The van der Waals surface area contributed by atoms with Gasteiger partial charge >= 0.3 is 11.2 Å². The molecule has 0 N–H and O–H groups in total. The summed E-state index contributed by atoms with van der Waals surface area (Å²) in [4.78, 5) is 39.4. The predicted octanol–water partition coefficient (Wildman–Crippen LogP) is 1.73. The molecule has 0 aliphatic carbocycles. The summed E-state index contributed by atoms with van der Waals surface area (Å²) >= 11 is 3.11. The fraction of sp³-hybridized carbons (Fsp3) is 0. The van der Waals surface area contributed by atoms with Crippen molar-refractivity contribution in [3.8, 4) is 11.4 Å². The lowest BCUT2D eigenvalue weighted by molar-refractivity contribution is 0.556. The normalized spacial score (nSPS) is 10.6. The molecule has 0 saturated carbocycles. The maximum absolute atomic E-state index is 11.0. The molecule has 3 heterocycles. The average molecular weight is 359 g/mol. The molecule has 0 saturated heterocycles. The Balaban J connectivity index is 0.000000133. The minimum absolute atomic E-state index is 0.185. The van der Waals surface area contributed by atoms with Gasteiger partial charge in [0.15, 0.2) is 0 Å². The van der Waals surface area contributed by atoms with Crippen LogP contribution < -0.4 is 16.6 Å². The number of halogens is 1. The third-order valence-electron chi connectivity index (χ3n) is 2.91. The third-order valence-corrected chi connectivity index (χ3v) is 3.46. The van der Waals surface area contributed by atoms with Crippen LogP contribution in [0.5, 0.6) is 0 Å². The molecule has 2 aromatic rings. The minimum Gasteiger partial charge on any atom is -0.422 e. The molecule has 0 amide bonds. The van der Waals surface area contributed by atoms with Crippen LogP contribution in [-0.4, -0.2) is 9.97 Å². The van der Waals surface area contributed by atoms with Crippen LogP contribution in [0.25, 0.3) is 22.4 Å². The lowest BCUT2D eigenvalue weighted by Gasteiger charge is -1.94. The lowest BCUT2D eigenvalue weighted by Crippen LogP contribution is -2.19. The Bertz CT molecular complexity index is 1060. The summed E-state index contributed by atoms with van der Waals surface area (Å²) in [6.07, 6.45) is 1.46. The van der Waals surface area contributed by atoms with E-state index in [2.05, 4.69) is 25.9 Å². The number of hydrogen-bond acceptors (Lipinski definition) is 6. The van der Waals surface area contributed by atoms with Crippen molar-refractivity contribution in [3.05, 3.63) is 78.1 Å². The van der Waals surface area contributed by atoms with Gasteiger partial charge in [0, 0.05) is 11.6 Å². The van der Waals surface area contributed by atoms with Gasteiger partial charge in [0.05, 0.1) is 5.69 Å². The van der Waals surface area contributed by atoms with Crippen molar-refractivity contribution in [1.29, 1.82) is 0 Å². The first-order valence-electron chi connectivity index (χ1n) is 6.17. The average Bonchev–Trinajstić information content (AvgIpc) is 3.05. The number of fused-ring (bicyclic) bond motifs is 2. The van der Waals surface area contributed by atoms with E-state index in [4.69, 9.17) is 4.42 Å². The van der Waals surface area contributed by atoms with Crippen molar-refractivity contribution in [3.63, 3.8) is 0 Å². The molecule has 7 heteroatoms. The van der Waals surface area contributed by atoms with E-state index in [9.17, 15) is 14.4 Å². The Morgan fingerprint density at radius 1 is 1.05 bits per heavy atom. The molecule has 0 spiro atoms. The molecule has 2 aliphatic rings. The van der Waals surface area contributed by atoms with Crippen LogP contribution >= 0.6 is 15.9 Å². The van der Waals surface area contributed by atoms with Gasteiger partial charge in [-0.2, -0.15) is 0 Å². The summed E-state index contributed by atoms with van der Waals surface area (Å²) < 4.78 is 5.45. The Morgan fingerprint density at radius 3 is 2.59 bits per heavy atom. The summed E-state index contributed by atoms with van der Waals surface area (Å²) in [5.41, 5.74) is -0.447. The second kappa shape index (κ2) is 5.61. The standard InChI is InChI=1S/C9H5BrO2.C6H2N2O2/c10-7-5-6-3-1-2-4-8(6)12-9(7)11;9-5-4-3(1-2-7-4)8-6(5)10/h1-5H;1-2H. The molecule has 22 heavy (non-hydrogen) atoms. The first kappa shape index (κ1) is 14.3. The largest absolute Gasteiger partial charge is 0.422 e. The highest BCUT2D eigenvalue weighted by atomic mass is 79.9. The second-order valence-electron chi connectivity index (χ2n) is 4.34. The maximum atomic E-state index is 11.0. The summed E-state index contributed by atoms with van der Waals surface area (Å²) in [6, 6.07) is 10.7. The SMILES string of the molecule is O=c1nc2ccnc-2c1=O.O=c1oc2ccccc2cc1Br. The van der Waals surface area contributed by atoms with Crippen LogP contribution in [0, 0.1) is 0 Å². The van der Waals surface area contributed by atoms with Gasteiger partial charge in [0.2, 0.25) is 0 Å². The summed E-state index contributed by atoms with van der Waals surface area (Å²) in [5, 5.41) is 0.920. The number of rotatable bonds is 0. The van der Waals surface area contributed by atoms with Gasteiger partial charge in [-0.1, -0.05) is 18.2 Å². The molecule has 1 aromatic carbocycles. The van der Waals surface area contributed by atoms with E-state index in [1.54, 1.807) is 12.1 Å². The molecule has 4 rings (SSSR count). The fourth-order valence-electron chi connectivity index (χ4n) is 1.89. The van der Waals surface area contributed by atoms with Crippen molar-refractivity contribution < 1.29 is 4.42 Å². The van der Waals surface area contributed by atoms with E-state index in [0.717, 1.165) is 5.39 Å². The van der Waals surface area contributed by atoms with Gasteiger partial charge < -0.3 is 4.42 Å². The number of aromatic nitrogens is 2. The summed E-state index contributed by atoms with van der Waals surface area (Å²) in [7, 11) is 0. The van der Waals surface area contributed by atoms with E-state index in [0.29, 0.717) is 15.7 Å². The molecular weight excluding hydrogens is 352 g/mol. The molecule has 0 fully saturated rings. The maximum Gasteiger partial charge on any atom is 0.350 e. The number of benzene rings is 1. The minimum atomic E-state index is -0.710. The monoisotopic (exact) mass is 358 g/mol. The highest BCUT2D eigenvalue weighted by molar-refractivity contribution is 9.10. The first-order valence-corrected chi connectivity index (χ1v) is 6.96. The molecule has 6 nitrogen and oxygen atoms in total. The van der Waals surface area contributed by atoms with Crippen molar-refractivity contribution in [2.24, 2.45) is 0 Å². The first-order chi connectivity index (χ1) is 10.6. The Kier molecular flexibility index (Phi) is 3.64.